The number of nitrogens with one attached hydrogen (secondary N) is 1. The van der Waals surface area contributed by atoms with Crippen molar-refractivity contribution in [1.82, 2.24) is 9.62 Å². The highest BCUT2D eigenvalue weighted by molar-refractivity contribution is 7.88. The molecule has 2 rings (SSSR count). The van der Waals surface area contributed by atoms with Crippen LogP contribution in [-0.2, 0) is 25.4 Å². The van der Waals surface area contributed by atoms with Gasteiger partial charge in [0.25, 0.3) is 0 Å². The van der Waals surface area contributed by atoms with Gasteiger partial charge in [0.2, 0.25) is 15.9 Å². The third kappa shape index (κ3) is 6.18. The average molecular weight is 394 g/mol. The Morgan fingerprint density at radius 2 is 2.04 bits per heavy atom. The van der Waals surface area contributed by atoms with Gasteiger partial charge in [0.1, 0.15) is 6.04 Å². The van der Waals surface area contributed by atoms with E-state index in [1.807, 2.05) is 6.07 Å². The van der Waals surface area contributed by atoms with Gasteiger partial charge in [0, 0.05) is 13.1 Å². The summed E-state index contributed by atoms with van der Waals surface area (Å²) < 4.78 is 26.7. The molecule has 2 unspecified atom stereocenters. The van der Waals surface area contributed by atoms with Crippen LogP contribution >= 0.6 is 0 Å². The molecule has 0 spiro atoms. The predicted octanol–water partition coefficient (Wildman–Crippen LogP) is 1.76. The Balaban J connectivity index is 2.00. The van der Waals surface area contributed by atoms with Crippen LogP contribution in [0.4, 0.5) is 0 Å². The van der Waals surface area contributed by atoms with E-state index in [0.29, 0.717) is 31.4 Å². The number of hydrogen-bond donors (Lipinski definition) is 2. The molecule has 148 valence electrons. The maximum Gasteiger partial charge on any atom is 0.326 e. The number of rotatable bonds is 9. The number of carbonyl (C=O) groups excluding carboxylic acids is 1. The number of sulfonamides is 1. The van der Waals surface area contributed by atoms with Gasteiger partial charge in [-0.2, -0.15) is 0 Å². The SMILES string of the molecule is C=CCCC(NC(=O)C1CCCN(S(=O)(=O)Cc2ccccc2)C1)C(=O)O. The van der Waals surface area contributed by atoms with Gasteiger partial charge in [-0.25, -0.2) is 17.5 Å². The molecular weight excluding hydrogens is 368 g/mol. The number of aliphatic carboxylic acids is 1. The molecule has 1 aliphatic rings. The summed E-state index contributed by atoms with van der Waals surface area (Å²) in [4.78, 5) is 23.8. The fourth-order valence-corrected chi connectivity index (χ4v) is 4.73. The minimum absolute atomic E-state index is 0.0782. The van der Waals surface area contributed by atoms with Gasteiger partial charge in [0.05, 0.1) is 11.7 Å². The molecule has 0 bridgehead atoms. The van der Waals surface area contributed by atoms with Crippen molar-refractivity contribution in [3.63, 3.8) is 0 Å². The van der Waals surface area contributed by atoms with Gasteiger partial charge in [-0.1, -0.05) is 36.4 Å². The number of carboxylic acid groups (broad SMARTS) is 1. The zero-order valence-corrected chi connectivity index (χ0v) is 16.0. The van der Waals surface area contributed by atoms with Gasteiger partial charge >= 0.3 is 5.97 Å². The number of carboxylic acids is 1. The molecular formula is C19H26N2O5S. The van der Waals surface area contributed by atoms with Crippen LogP contribution in [0.2, 0.25) is 0 Å². The molecule has 1 aliphatic heterocycles. The minimum Gasteiger partial charge on any atom is -0.480 e. The summed E-state index contributed by atoms with van der Waals surface area (Å²) in [6.45, 7) is 4.00. The molecule has 0 aliphatic carbocycles. The molecule has 1 heterocycles. The lowest BCUT2D eigenvalue weighted by molar-refractivity contribution is -0.142. The lowest BCUT2D eigenvalue weighted by Gasteiger charge is -2.31. The molecule has 0 saturated carbocycles. The molecule has 1 saturated heterocycles. The maximum absolute atomic E-state index is 12.7. The fraction of sp³-hybridized carbons (Fsp3) is 0.474. The van der Waals surface area contributed by atoms with Crippen LogP contribution in [0, 0.1) is 5.92 Å². The summed E-state index contributed by atoms with van der Waals surface area (Å²) in [5, 5.41) is 11.8. The molecule has 1 aromatic rings. The van der Waals surface area contributed by atoms with E-state index in [4.69, 9.17) is 0 Å². The van der Waals surface area contributed by atoms with Crippen LogP contribution in [0.25, 0.3) is 0 Å². The van der Waals surface area contributed by atoms with Gasteiger partial charge < -0.3 is 10.4 Å². The van der Waals surface area contributed by atoms with E-state index in [2.05, 4.69) is 11.9 Å². The Morgan fingerprint density at radius 1 is 1.33 bits per heavy atom. The molecule has 2 atom stereocenters. The van der Waals surface area contributed by atoms with E-state index < -0.39 is 33.9 Å². The van der Waals surface area contributed by atoms with Crippen molar-refractivity contribution >= 4 is 21.9 Å². The number of carbonyl (C=O) groups is 2. The Labute approximate surface area is 160 Å². The summed E-state index contributed by atoms with van der Waals surface area (Å²) in [5.74, 6) is -2.17. The molecule has 2 N–H and O–H groups in total. The number of nitrogens with zero attached hydrogens (tertiary/aromatic N) is 1. The third-order valence-electron chi connectivity index (χ3n) is 4.61. The second-order valence-corrected chi connectivity index (χ2v) is 8.67. The van der Waals surface area contributed by atoms with Crippen LogP contribution < -0.4 is 5.32 Å². The number of piperidine rings is 1. The first kappa shape index (κ1) is 21.1. The van der Waals surface area contributed by atoms with Crippen molar-refractivity contribution in [1.29, 1.82) is 0 Å². The van der Waals surface area contributed by atoms with Crippen molar-refractivity contribution in [2.45, 2.75) is 37.5 Å². The number of allylic oxidation sites excluding steroid dienone is 1. The van der Waals surface area contributed by atoms with E-state index in [9.17, 15) is 23.1 Å². The Morgan fingerprint density at radius 3 is 2.67 bits per heavy atom. The van der Waals surface area contributed by atoms with E-state index in [-0.39, 0.29) is 18.7 Å². The molecule has 0 aromatic heterocycles. The topological polar surface area (TPSA) is 104 Å². The minimum atomic E-state index is -3.54. The number of hydrogen-bond acceptors (Lipinski definition) is 4. The van der Waals surface area contributed by atoms with Gasteiger partial charge in [-0.05, 0) is 31.2 Å². The van der Waals surface area contributed by atoms with Crippen molar-refractivity contribution in [2.75, 3.05) is 13.1 Å². The van der Waals surface area contributed by atoms with Crippen LogP contribution in [0.15, 0.2) is 43.0 Å². The first-order valence-corrected chi connectivity index (χ1v) is 10.6. The molecule has 8 heteroatoms. The predicted molar refractivity (Wildman–Crippen MR) is 102 cm³/mol. The van der Waals surface area contributed by atoms with Crippen molar-refractivity contribution in [3.8, 4) is 0 Å². The average Bonchev–Trinajstić information content (AvgIpc) is 2.65. The molecule has 1 amide bonds. The summed E-state index contributed by atoms with van der Waals surface area (Å²) >= 11 is 0. The lowest BCUT2D eigenvalue weighted by atomic mass is 9.98. The van der Waals surface area contributed by atoms with E-state index in [1.165, 1.54) is 4.31 Å². The quantitative estimate of drug-likeness (QED) is 0.621. The first-order valence-electron chi connectivity index (χ1n) is 8.99. The number of amides is 1. The summed E-state index contributed by atoms with van der Waals surface area (Å²) in [5.41, 5.74) is 0.694. The smallest absolute Gasteiger partial charge is 0.326 e. The van der Waals surface area contributed by atoms with Gasteiger partial charge in [-0.15, -0.1) is 6.58 Å². The van der Waals surface area contributed by atoms with Crippen LogP contribution in [0.1, 0.15) is 31.2 Å². The summed E-state index contributed by atoms with van der Waals surface area (Å²) in [6, 6.07) is 7.90. The molecule has 27 heavy (non-hydrogen) atoms. The highest BCUT2D eigenvalue weighted by atomic mass is 32.2. The van der Waals surface area contributed by atoms with Crippen LogP contribution in [-0.4, -0.2) is 48.8 Å². The van der Waals surface area contributed by atoms with Crippen molar-refractivity contribution < 1.29 is 23.1 Å². The molecule has 0 radical (unpaired) electrons. The normalized spacial score (nSPS) is 19.2. The molecule has 7 nitrogen and oxygen atoms in total. The molecule has 1 fully saturated rings. The third-order valence-corrected chi connectivity index (χ3v) is 6.43. The van der Waals surface area contributed by atoms with Crippen LogP contribution in [0.5, 0.6) is 0 Å². The van der Waals surface area contributed by atoms with E-state index in [1.54, 1.807) is 30.3 Å². The second-order valence-electron chi connectivity index (χ2n) is 6.70. The first-order chi connectivity index (χ1) is 12.8. The lowest BCUT2D eigenvalue weighted by Crippen LogP contribution is -2.49. The zero-order chi connectivity index (χ0) is 19.9. The highest BCUT2D eigenvalue weighted by Crippen LogP contribution is 2.22. The Bertz CT molecular complexity index is 764. The summed E-state index contributed by atoms with van der Waals surface area (Å²) in [7, 11) is -3.54. The fourth-order valence-electron chi connectivity index (χ4n) is 3.12. The van der Waals surface area contributed by atoms with E-state index in [0.717, 1.165) is 0 Å². The Kier molecular flexibility index (Phi) is 7.55. The Hall–Kier alpha value is -2.19. The van der Waals surface area contributed by atoms with Crippen molar-refractivity contribution in [2.24, 2.45) is 5.92 Å². The standard InChI is InChI=1S/C19H26N2O5S/c1-2-3-11-17(19(23)24)20-18(22)16-10-7-12-21(13-16)27(25,26)14-15-8-5-4-6-9-15/h2,4-6,8-9,16-17H,1,3,7,10-14H2,(H,20,22)(H,23,24). The van der Waals surface area contributed by atoms with Crippen molar-refractivity contribution in [3.05, 3.63) is 48.6 Å². The second kappa shape index (κ2) is 9.66. The maximum atomic E-state index is 12.7. The van der Waals surface area contributed by atoms with Gasteiger partial charge in [0.15, 0.2) is 0 Å². The summed E-state index contributed by atoms with van der Waals surface area (Å²) in [6.07, 6.45) is 3.43. The van der Waals surface area contributed by atoms with Crippen LogP contribution in [0.3, 0.4) is 0 Å². The van der Waals surface area contributed by atoms with Gasteiger partial charge in [-0.3, -0.25) is 4.79 Å². The zero-order valence-electron chi connectivity index (χ0n) is 15.2. The monoisotopic (exact) mass is 394 g/mol. The molecule has 1 aromatic carbocycles. The van der Waals surface area contributed by atoms with E-state index >= 15 is 0 Å². The largest absolute Gasteiger partial charge is 0.480 e. The number of benzene rings is 1. The highest BCUT2D eigenvalue weighted by Gasteiger charge is 2.33.